The number of nitrogens with zero attached hydrogens (tertiary/aromatic N) is 3. The van der Waals surface area contributed by atoms with E-state index in [1.165, 1.54) is 10.8 Å². The summed E-state index contributed by atoms with van der Waals surface area (Å²) in [7, 11) is 0. The van der Waals surface area contributed by atoms with Crippen LogP contribution in [0.1, 0.15) is 11.1 Å². The van der Waals surface area contributed by atoms with Crippen LogP contribution in [0.25, 0.3) is 21.5 Å². The molecule has 0 spiro atoms. The molecule has 148 valence electrons. The number of anilines is 3. The van der Waals surface area contributed by atoms with Crippen LogP contribution in [0.4, 0.5) is 17.1 Å². The van der Waals surface area contributed by atoms with Gasteiger partial charge in [0.2, 0.25) is 0 Å². The van der Waals surface area contributed by atoms with E-state index >= 15 is 0 Å². The Morgan fingerprint density at radius 1 is 0.562 bits per heavy atom. The fourth-order valence-corrected chi connectivity index (χ4v) is 5.44. The molecule has 0 unspecified atom stereocenters. The molecule has 1 aliphatic heterocycles. The van der Waals surface area contributed by atoms with Gasteiger partial charge in [-0.2, -0.15) is 10.5 Å². The summed E-state index contributed by atoms with van der Waals surface area (Å²) in [4.78, 5) is 4.47. The van der Waals surface area contributed by atoms with Crippen molar-refractivity contribution < 1.29 is 0 Å². The molecule has 0 saturated carbocycles. The SMILES string of the molecule is N#Cc1cc(C#N)cc(N2c3cc4ccccc4cc3Sc3cc4ccccc4cc32)c1. The van der Waals surface area contributed by atoms with E-state index < -0.39 is 0 Å². The molecule has 0 atom stereocenters. The van der Waals surface area contributed by atoms with E-state index in [-0.39, 0.29) is 0 Å². The second-order valence-electron chi connectivity index (χ2n) is 7.76. The summed E-state index contributed by atoms with van der Waals surface area (Å²) in [5, 5.41) is 23.8. The maximum Gasteiger partial charge on any atom is 0.0992 e. The average Bonchev–Trinajstić information content (AvgIpc) is 2.84. The molecule has 0 saturated heterocycles. The van der Waals surface area contributed by atoms with Gasteiger partial charge >= 0.3 is 0 Å². The molecule has 1 aliphatic rings. The van der Waals surface area contributed by atoms with Gasteiger partial charge in [-0.1, -0.05) is 60.3 Å². The molecule has 0 aromatic heterocycles. The van der Waals surface area contributed by atoms with Gasteiger partial charge in [-0.25, -0.2) is 0 Å². The zero-order valence-electron chi connectivity index (χ0n) is 16.9. The average molecular weight is 426 g/mol. The first-order chi connectivity index (χ1) is 15.7. The van der Waals surface area contributed by atoms with Crippen molar-refractivity contribution in [3.63, 3.8) is 0 Å². The summed E-state index contributed by atoms with van der Waals surface area (Å²) in [5.74, 6) is 0. The molecule has 0 amide bonds. The normalized spacial score (nSPS) is 12.1. The topological polar surface area (TPSA) is 50.8 Å². The van der Waals surface area contributed by atoms with Crippen LogP contribution in [0.5, 0.6) is 0 Å². The van der Waals surface area contributed by atoms with Gasteiger partial charge in [-0.05, 0) is 64.0 Å². The Morgan fingerprint density at radius 2 is 1.00 bits per heavy atom. The van der Waals surface area contributed by atoms with Crippen LogP contribution < -0.4 is 4.90 Å². The molecule has 0 fully saturated rings. The molecule has 0 radical (unpaired) electrons. The molecule has 1 heterocycles. The predicted octanol–water partition coefficient (Wildman–Crippen LogP) is 7.67. The van der Waals surface area contributed by atoms with E-state index in [2.05, 4.69) is 77.7 Å². The van der Waals surface area contributed by atoms with Crippen LogP contribution >= 0.6 is 11.8 Å². The van der Waals surface area contributed by atoms with Crippen LogP contribution in [0.15, 0.2) is 101 Å². The van der Waals surface area contributed by atoms with Gasteiger partial charge in [0, 0.05) is 15.5 Å². The number of nitriles is 2. The Labute approximate surface area is 189 Å². The summed E-state index contributed by atoms with van der Waals surface area (Å²) in [6, 6.07) is 35.3. The summed E-state index contributed by atoms with van der Waals surface area (Å²) in [5.41, 5.74) is 3.86. The number of hydrogen-bond donors (Lipinski definition) is 0. The molecule has 4 heteroatoms. The lowest BCUT2D eigenvalue weighted by Gasteiger charge is -2.33. The fraction of sp³-hybridized carbons (Fsp3) is 0. The van der Waals surface area contributed by atoms with Crippen molar-refractivity contribution in [1.29, 1.82) is 10.5 Å². The number of rotatable bonds is 1. The van der Waals surface area contributed by atoms with Crippen molar-refractivity contribution in [3.05, 3.63) is 102 Å². The number of fused-ring (bicyclic) bond motifs is 4. The van der Waals surface area contributed by atoms with Gasteiger partial charge in [-0.15, -0.1) is 0 Å². The third-order valence-electron chi connectivity index (χ3n) is 5.79. The zero-order chi connectivity index (χ0) is 21.7. The smallest absolute Gasteiger partial charge is 0.0992 e. The second-order valence-corrected chi connectivity index (χ2v) is 8.85. The standard InChI is InChI=1S/C28H15N3S/c29-16-18-9-19(17-30)11-24(10-18)31-25-12-20-5-1-3-7-22(20)14-27(25)32-28-15-23-8-4-2-6-21(23)13-26(28)31/h1-15H. The van der Waals surface area contributed by atoms with Crippen LogP contribution in [-0.2, 0) is 0 Å². The van der Waals surface area contributed by atoms with Crippen molar-refractivity contribution in [2.45, 2.75) is 9.79 Å². The van der Waals surface area contributed by atoms with Crippen LogP contribution in [0.3, 0.4) is 0 Å². The van der Waals surface area contributed by atoms with Gasteiger partial charge in [0.05, 0.1) is 34.6 Å². The molecule has 6 rings (SSSR count). The first-order valence-electron chi connectivity index (χ1n) is 10.2. The highest BCUT2D eigenvalue weighted by molar-refractivity contribution is 7.99. The Bertz CT molecular complexity index is 1520. The molecular formula is C28H15N3S. The van der Waals surface area contributed by atoms with Crippen molar-refractivity contribution in [2.24, 2.45) is 0 Å². The first kappa shape index (κ1) is 18.5. The van der Waals surface area contributed by atoms with Gasteiger partial charge in [-0.3, -0.25) is 0 Å². The molecule has 0 N–H and O–H groups in total. The Kier molecular flexibility index (Phi) is 4.15. The van der Waals surface area contributed by atoms with E-state index in [0.29, 0.717) is 11.1 Å². The summed E-state index contributed by atoms with van der Waals surface area (Å²) in [6.07, 6.45) is 0. The van der Waals surface area contributed by atoms with Crippen molar-refractivity contribution in [3.8, 4) is 12.1 Å². The molecule has 3 nitrogen and oxygen atoms in total. The van der Waals surface area contributed by atoms with Crippen LogP contribution in [0, 0.1) is 22.7 Å². The maximum atomic E-state index is 9.57. The van der Waals surface area contributed by atoms with Gasteiger partial charge in [0.1, 0.15) is 0 Å². The lowest BCUT2D eigenvalue weighted by Crippen LogP contribution is -2.15. The minimum atomic E-state index is 0.474. The van der Waals surface area contributed by atoms with Crippen LogP contribution in [0.2, 0.25) is 0 Å². The summed E-state index contributed by atoms with van der Waals surface area (Å²) < 4.78 is 0. The Hall–Kier alpha value is -4.25. The van der Waals surface area contributed by atoms with E-state index in [9.17, 15) is 10.5 Å². The monoisotopic (exact) mass is 425 g/mol. The molecule has 0 bridgehead atoms. The Morgan fingerprint density at radius 3 is 1.44 bits per heavy atom. The number of hydrogen-bond acceptors (Lipinski definition) is 4. The fourth-order valence-electron chi connectivity index (χ4n) is 4.32. The minimum absolute atomic E-state index is 0.474. The molecular weight excluding hydrogens is 410 g/mol. The van der Waals surface area contributed by atoms with Gasteiger partial charge in [0.25, 0.3) is 0 Å². The van der Waals surface area contributed by atoms with Crippen LogP contribution in [-0.4, -0.2) is 0 Å². The van der Waals surface area contributed by atoms with Gasteiger partial charge in [0.15, 0.2) is 0 Å². The second kappa shape index (κ2) is 7.17. The highest BCUT2D eigenvalue weighted by Gasteiger charge is 2.26. The van der Waals surface area contributed by atoms with Crippen molar-refractivity contribution in [1.82, 2.24) is 0 Å². The predicted molar refractivity (Wildman–Crippen MR) is 130 cm³/mol. The number of benzene rings is 5. The summed E-state index contributed by atoms with van der Waals surface area (Å²) in [6.45, 7) is 0. The van der Waals surface area contributed by atoms with E-state index in [1.807, 2.05) is 24.3 Å². The quantitative estimate of drug-likeness (QED) is 0.271. The Balaban J connectivity index is 1.69. The lowest BCUT2D eigenvalue weighted by atomic mass is 10.0. The third kappa shape index (κ3) is 2.90. The molecule has 5 aromatic rings. The van der Waals surface area contributed by atoms with E-state index in [1.54, 1.807) is 17.8 Å². The maximum absolute atomic E-state index is 9.57. The zero-order valence-corrected chi connectivity index (χ0v) is 17.7. The van der Waals surface area contributed by atoms with E-state index in [4.69, 9.17) is 0 Å². The van der Waals surface area contributed by atoms with Crippen molar-refractivity contribution in [2.75, 3.05) is 4.90 Å². The highest BCUT2D eigenvalue weighted by Crippen LogP contribution is 2.53. The van der Waals surface area contributed by atoms with Gasteiger partial charge < -0.3 is 4.90 Å². The first-order valence-corrected chi connectivity index (χ1v) is 11.0. The van der Waals surface area contributed by atoms with Crippen molar-refractivity contribution >= 4 is 50.4 Å². The summed E-state index contributed by atoms with van der Waals surface area (Å²) >= 11 is 1.76. The lowest BCUT2D eigenvalue weighted by molar-refractivity contribution is 1.18. The molecule has 0 aliphatic carbocycles. The minimum Gasteiger partial charge on any atom is -0.308 e. The van der Waals surface area contributed by atoms with E-state index in [0.717, 1.165) is 37.6 Å². The molecule has 32 heavy (non-hydrogen) atoms. The highest BCUT2D eigenvalue weighted by atomic mass is 32.2. The largest absolute Gasteiger partial charge is 0.308 e. The molecule has 5 aromatic carbocycles. The third-order valence-corrected chi connectivity index (χ3v) is 6.88.